The van der Waals surface area contributed by atoms with Crippen LogP contribution in [0.25, 0.3) is 6.08 Å². The van der Waals surface area contributed by atoms with Crippen molar-refractivity contribution in [2.24, 2.45) is 0 Å². The molecule has 0 spiro atoms. The number of pyridine rings is 1. The smallest absolute Gasteiger partial charge is 0.274 e. The summed E-state index contributed by atoms with van der Waals surface area (Å²) in [5.74, 6) is -0.192. The number of aromatic nitrogens is 1. The quantitative estimate of drug-likeness (QED) is 0.677. The molecule has 1 aromatic heterocycles. The number of hydrogen-bond acceptors (Lipinski definition) is 4. The van der Waals surface area contributed by atoms with E-state index in [1.54, 1.807) is 12.3 Å². The van der Waals surface area contributed by atoms with Crippen molar-refractivity contribution in [3.8, 4) is 0 Å². The number of benzene rings is 2. The summed E-state index contributed by atoms with van der Waals surface area (Å²) in [4.78, 5) is 21.5. The van der Waals surface area contributed by atoms with E-state index >= 15 is 0 Å². The monoisotopic (exact) mass is 398 g/mol. The molecule has 1 aliphatic heterocycles. The molecule has 0 saturated carbocycles. The molecule has 5 heteroatoms. The minimum absolute atomic E-state index is 0.192. The summed E-state index contributed by atoms with van der Waals surface area (Å²) in [6.45, 7) is 4.89. The van der Waals surface area contributed by atoms with E-state index in [-0.39, 0.29) is 5.91 Å². The van der Waals surface area contributed by atoms with Crippen LogP contribution in [0.2, 0.25) is 0 Å². The van der Waals surface area contributed by atoms with Gasteiger partial charge in [-0.25, -0.2) is 4.98 Å². The van der Waals surface area contributed by atoms with Crippen molar-refractivity contribution in [3.63, 3.8) is 0 Å². The lowest BCUT2D eigenvalue weighted by molar-refractivity contribution is 0.102. The predicted octanol–water partition coefficient (Wildman–Crippen LogP) is 4.17. The van der Waals surface area contributed by atoms with Crippen molar-refractivity contribution in [1.29, 1.82) is 0 Å². The van der Waals surface area contributed by atoms with Crippen LogP contribution in [0, 0.1) is 0 Å². The zero-order chi connectivity index (χ0) is 20.6. The minimum Gasteiger partial charge on any atom is -0.368 e. The van der Waals surface area contributed by atoms with Gasteiger partial charge in [0.25, 0.3) is 5.91 Å². The second-order valence-electron chi connectivity index (χ2n) is 7.32. The van der Waals surface area contributed by atoms with Gasteiger partial charge in [-0.15, -0.1) is 0 Å². The molecule has 0 bridgehead atoms. The highest BCUT2D eigenvalue weighted by Crippen LogP contribution is 2.16. The van der Waals surface area contributed by atoms with Crippen molar-refractivity contribution >= 4 is 23.4 Å². The SMILES string of the molecule is O=C(Nc1ccccc1)c1ccc(N2CCN(C/C=C/c3ccccc3)CC2)cn1. The van der Waals surface area contributed by atoms with Crippen LogP contribution >= 0.6 is 0 Å². The number of nitrogens with zero attached hydrogens (tertiary/aromatic N) is 3. The largest absolute Gasteiger partial charge is 0.368 e. The van der Waals surface area contributed by atoms with Crippen LogP contribution in [0.15, 0.2) is 85.1 Å². The summed E-state index contributed by atoms with van der Waals surface area (Å²) in [5.41, 5.74) is 3.49. The third-order valence-electron chi connectivity index (χ3n) is 5.22. The number of hydrogen-bond donors (Lipinski definition) is 1. The Balaban J connectivity index is 1.26. The fourth-order valence-corrected chi connectivity index (χ4v) is 3.51. The van der Waals surface area contributed by atoms with E-state index in [2.05, 4.69) is 56.5 Å². The first-order valence-corrected chi connectivity index (χ1v) is 10.3. The van der Waals surface area contributed by atoms with Gasteiger partial charge in [0.05, 0.1) is 11.9 Å². The summed E-state index contributed by atoms with van der Waals surface area (Å²) < 4.78 is 0. The minimum atomic E-state index is -0.192. The standard InChI is InChI=1S/C25H26N4O/c30-25(27-22-11-5-2-6-12-22)24-14-13-23(20-26-24)29-18-16-28(17-19-29)15-7-10-21-8-3-1-4-9-21/h1-14,20H,15-19H2,(H,27,30)/b10-7+. The lowest BCUT2D eigenvalue weighted by Gasteiger charge is -2.35. The fourth-order valence-electron chi connectivity index (χ4n) is 3.51. The molecule has 2 aromatic carbocycles. The van der Waals surface area contributed by atoms with Gasteiger partial charge >= 0.3 is 0 Å². The van der Waals surface area contributed by atoms with Crippen LogP contribution in [0.4, 0.5) is 11.4 Å². The van der Waals surface area contributed by atoms with E-state index in [4.69, 9.17) is 0 Å². The molecule has 0 unspecified atom stereocenters. The second-order valence-corrected chi connectivity index (χ2v) is 7.32. The first kappa shape index (κ1) is 19.9. The lowest BCUT2D eigenvalue weighted by atomic mass is 10.2. The van der Waals surface area contributed by atoms with Crippen LogP contribution in [0.1, 0.15) is 16.1 Å². The van der Waals surface area contributed by atoms with Gasteiger partial charge in [-0.05, 0) is 29.8 Å². The van der Waals surface area contributed by atoms with Crippen molar-refractivity contribution in [2.75, 3.05) is 42.9 Å². The first-order chi connectivity index (χ1) is 14.8. The summed E-state index contributed by atoms with van der Waals surface area (Å²) in [7, 11) is 0. The Labute approximate surface area is 177 Å². The Morgan fingerprint density at radius 3 is 2.27 bits per heavy atom. The number of rotatable bonds is 6. The number of piperazine rings is 1. The van der Waals surface area contributed by atoms with Crippen LogP contribution in [-0.2, 0) is 0 Å². The maximum Gasteiger partial charge on any atom is 0.274 e. The lowest BCUT2D eigenvalue weighted by Crippen LogP contribution is -2.46. The Bertz CT molecular complexity index is 963. The maximum atomic E-state index is 12.3. The van der Waals surface area contributed by atoms with Gasteiger partial charge in [-0.3, -0.25) is 9.69 Å². The Morgan fingerprint density at radius 2 is 1.60 bits per heavy atom. The topological polar surface area (TPSA) is 48.5 Å². The van der Waals surface area contributed by atoms with Gasteiger partial charge in [-0.2, -0.15) is 0 Å². The number of anilines is 2. The molecule has 3 aromatic rings. The van der Waals surface area contributed by atoms with Gasteiger partial charge in [0.15, 0.2) is 0 Å². The second kappa shape index (κ2) is 9.85. The molecule has 30 heavy (non-hydrogen) atoms. The molecule has 1 amide bonds. The summed E-state index contributed by atoms with van der Waals surface area (Å²) in [5, 5.41) is 2.87. The van der Waals surface area contributed by atoms with E-state index in [1.165, 1.54) is 5.56 Å². The molecule has 0 atom stereocenters. The van der Waals surface area contributed by atoms with Crippen LogP contribution < -0.4 is 10.2 Å². The molecule has 0 aliphatic carbocycles. The van der Waals surface area contributed by atoms with E-state index in [0.29, 0.717) is 5.69 Å². The summed E-state index contributed by atoms with van der Waals surface area (Å²) >= 11 is 0. The number of carbonyl (C=O) groups excluding carboxylic acids is 1. The van der Waals surface area contributed by atoms with Crippen molar-refractivity contribution in [2.45, 2.75) is 0 Å². The molecule has 5 nitrogen and oxygen atoms in total. The third-order valence-corrected chi connectivity index (χ3v) is 5.22. The molecule has 152 valence electrons. The number of amides is 1. The van der Waals surface area contributed by atoms with E-state index < -0.39 is 0 Å². The van der Waals surface area contributed by atoms with Gasteiger partial charge in [0, 0.05) is 38.4 Å². The van der Waals surface area contributed by atoms with Crippen LogP contribution in [-0.4, -0.2) is 48.5 Å². The summed E-state index contributed by atoms with van der Waals surface area (Å²) in [6, 6.07) is 23.6. The van der Waals surface area contributed by atoms with Crippen LogP contribution in [0.5, 0.6) is 0 Å². The Kier molecular flexibility index (Phi) is 6.52. The Morgan fingerprint density at radius 1 is 0.900 bits per heavy atom. The number of carbonyl (C=O) groups is 1. The maximum absolute atomic E-state index is 12.3. The molecule has 1 N–H and O–H groups in total. The number of nitrogens with one attached hydrogen (secondary N) is 1. The number of para-hydroxylation sites is 1. The molecule has 1 saturated heterocycles. The fraction of sp³-hybridized carbons (Fsp3) is 0.200. The molecular formula is C25H26N4O. The average Bonchev–Trinajstić information content (AvgIpc) is 2.81. The van der Waals surface area contributed by atoms with Crippen LogP contribution in [0.3, 0.4) is 0 Å². The Hall–Kier alpha value is -3.44. The summed E-state index contributed by atoms with van der Waals surface area (Å²) in [6.07, 6.45) is 6.20. The van der Waals surface area contributed by atoms with Crippen molar-refractivity contribution < 1.29 is 4.79 Å². The van der Waals surface area contributed by atoms with Gasteiger partial charge in [0.2, 0.25) is 0 Å². The van der Waals surface area contributed by atoms with E-state index in [1.807, 2.05) is 42.5 Å². The molecular weight excluding hydrogens is 372 g/mol. The first-order valence-electron chi connectivity index (χ1n) is 10.3. The van der Waals surface area contributed by atoms with Gasteiger partial charge in [0.1, 0.15) is 5.69 Å². The normalized spacial score (nSPS) is 14.7. The van der Waals surface area contributed by atoms with Gasteiger partial charge < -0.3 is 10.2 Å². The molecule has 1 aliphatic rings. The zero-order valence-electron chi connectivity index (χ0n) is 16.9. The molecule has 2 heterocycles. The average molecular weight is 399 g/mol. The van der Waals surface area contributed by atoms with E-state index in [0.717, 1.165) is 44.1 Å². The molecule has 4 rings (SSSR count). The van der Waals surface area contributed by atoms with Crippen molar-refractivity contribution in [1.82, 2.24) is 9.88 Å². The molecule has 0 radical (unpaired) electrons. The highest BCUT2D eigenvalue weighted by molar-refractivity contribution is 6.02. The zero-order valence-corrected chi connectivity index (χ0v) is 16.9. The van der Waals surface area contributed by atoms with Gasteiger partial charge in [-0.1, -0.05) is 60.7 Å². The van der Waals surface area contributed by atoms with E-state index in [9.17, 15) is 4.79 Å². The van der Waals surface area contributed by atoms with Crippen molar-refractivity contribution in [3.05, 3.63) is 96.3 Å². The third kappa shape index (κ3) is 5.33. The highest BCUT2D eigenvalue weighted by Gasteiger charge is 2.17. The predicted molar refractivity (Wildman–Crippen MR) is 123 cm³/mol. The highest BCUT2D eigenvalue weighted by atomic mass is 16.1. The molecule has 1 fully saturated rings.